The second-order valence-electron chi connectivity index (χ2n) is 5.62. The highest BCUT2D eigenvalue weighted by Crippen LogP contribution is 2.32. The van der Waals surface area contributed by atoms with Crippen LogP contribution in [0.15, 0.2) is 48.5 Å². The zero-order chi connectivity index (χ0) is 17.2. The number of para-hydroxylation sites is 1. The number of hydrogen-bond donors (Lipinski definition) is 2. The van der Waals surface area contributed by atoms with Crippen molar-refractivity contribution >= 4 is 0 Å². The molecule has 4 nitrogen and oxygen atoms in total. The van der Waals surface area contributed by atoms with Gasteiger partial charge >= 0.3 is 0 Å². The van der Waals surface area contributed by atoms with Crippen molar-refractivity contribution in [3.8, 4) is 11.5 Å². The molecule has 130 valence electrons. The lowest BCUT2D eigenvalue weighted by molar-refractivity contribution is 0.236. The fourth-order valence-electron chi connectivity index (χ4n) is 2.46. The van der Waals surface area contributed by atoms with Crippen LogP contribution in [0.5, 0.6) is 11.5 Å². The molecule has 0 aliphatic heterocycles. The van der Waals surface area contributed by atoms with Crippen LogP contribution in [0, 0.1) is 0 Å². The van der Waals surface area contributed by atoms with Gasteiger partial charge in [0, 0.05) is 18.2 Å². The first-order valence-corrected chi connectivity index (χ1v) is 8.54. The lowest BCUT2D eigenvalue weighted by Crippen LogP contribution is -2.31. The summed E-state index contributed by atoms with van der Waals surface area (Å²) in [7, 11) is 0. The second kappa shape index (κ2) is 9.96. The average Bonchev–Trinajstić information content (AvgIpc) is 2.63. The fourth-order valence-corrected chi connectivity index (χ4v) is 2.46. The molecule has 0 bridgehead atoms. The smallest absolute Gasteiger partial charge is 0.166 e. The van der Waals surface area contributed by atoms with Crippen LogP contribution in [-0.2, 0) is 13.2 Å². The summed E-state index contributed by atoms with van der Waals surface area (Å²) >= 11 is 0. The zero-order valence-corrected chi connectivity index (χ0v) is 14.5. The van der Waals surface area contributed by atoms with Gasteiger partial charge in [-0.05, 0) is 25.0 Å². The van der Waals surface area contributed by atoms with Crippen molar-refractivity contribution in [3.63, 3.8) is 0 Å². The Morgan fingerprint density at radius 3 is 2.46 bits per heavy atom. The summed E-state index contributed by atoms with van der Waals surface area (Å²) in [5.41, 5.74) is 2.15. The molecule has 1 atom stereocenters. The van der Waals surface area contributed by atoms with Gasteiger partial charge in [-0.3, -0.25) is 0 Å². The number of aliphatic hydroxyl groups is 1. The molecule has 2 aromatic rings. The van der Waals surface area contributed by atoms with E-state index in [0.717, 1.165) is 29.0 Å². The van der Waals surface area contributed by atoms with Crippen molar-refractivity contribution in [2.24, 2.45) is 0 Å². The Balaban J connectivity index is 2.14. The fraction of sp³-hybridized carbons (Fsp3) is 0.400. The first kappa shape index (κ1) is 18.3. The average molecular weight is 329 g/mol. The molecule has 0 radical (unpaired) electrons. The largest absolute Gasteiger partial charge is 0.490 e. The van der Waals surface area contributed by atoms with Crippen LogP contribution in [0.2, 0.25) is 0 Å². The molecule has 0 aliphatic carbocycles. The van der Waals surface area contributed by atoms with Crippen molar-refractivity contribution < 1.29 is 14.6 Å². The van der Waals surface area contributed by atoms with E-state index in [4.69, 9.17) is 9.47 Å². The topological polar surface area (TPSA) is 50.7 Å². The lowest BCUT2D eigenvalue weighted by Gasteiger charge is -2.19. The van der Waals surface area contributed by atoms with Crippen LogP contribution < -0.4 is 14.8 Å². The third kappa shape index (κ3) is 5.25. The van der Waals surface area contributed by atoms with Crippen LogP contribution in [0.25, 0.3) is 0 Å². The highest BCUT2D eigenvalue weighted by molar-refractivity contribution is 5.46. The van der Waals surface area contributed by atoms with Crippen LogP contribution in [-0.4, -0.2) is 24.4 Å². The third-order valence-corrected chi connectivity index (χ3v) is 3.88. The van der Waals surface area contributed by atoms with E-state index in [1.807, 2.05) is 55.5 Å². The Bertz CT molecular complexity index is 597. The standard InChI is InChI=1S/C20H27NO3/c1-3-18(14-22)21-13-17-11-8-12-19(23-4-2)20(17)24-15-16-9-6-5-7-10-16/h5-12,18,21-22H,3-4,13-15H2,1-2H3. The van der Waals surface area contributed by atoms with E-state index in [9.17, 15) is 5.11 Å². The summed E-state index contributed by atoms with van der Waals surface area (Å²) in [6, 6.07) is 16.1. The molecule has 0 aliphatic rings. The summed E-state index contributed by atoms with van der Waals surface area (Å²) < 4.78 is 11.8. The van der Waals surface area contributed by atoms with Crippen LogP contribution in [0.3, 0.4) is 0 Å². The Kier molecular flexibility index (Phi) is 7.59. The Labute approximate surface area is 144 Å². The van der Waals surface area contributed by atoms with Crippen molar-refractivity contribution in [1.82, 2.24) is 5.32 Å². The van der Waals surface area contributed by atoms with Gasteiger partial charge in [0.05, 0.1) is 13.2 Å². The zero-order valence-electron chi connectivity index (χ0n) is 14.5. The van der Waals surface area contributed by atoms with E-state index in [1.165, 1.54) is 0 Å². The van der Waals surface area contributed by atoms with E-state index < -0.39 is 0 Å². The molecule has 2 rings (SSSR count). The molecule has 4 heteroatoms. The highest BCUT2D eigenvalue weighted by atomic mass is 16.5. The van der Waals surface area contributed by atoms with Gasteiger partial charge in [-0.2, -0.15) is 0 Å². The molecule has 24 heavy (non-hydrogen) atoms. The maximum absolute atomic E-state index is 9.35. The summed E-state index contributed by atoms with van der Waals surface area (Å²) in [6.45, 7) is 5.86. The van der Waals surface area contributed by atoms with Crippen molar-refractivity contribution in [3.05, 3.63) is 59.7 Å². The summed E-state index contributed by atoms with van der Waals surface area (Å²) in [6.07, 6.45) is 0.877. The van der Waals surface area contributed by atoms with E-state index in [1.54, 1.807) is 0 Å². The lowest BCUT2D eigenvalue weighted by atomic mass is 10.1. The second-order valence-corrected chi connectivity index (χ2v) is 5.62. The monoisotopic (exact) mass is 329 g/mol. The molecule has 0 heterocycles. The van der Waals surface area contributed by atoms with Gasteiger partial charge in [-0.15, -0.1) is 0 Å². The number of ether oxygens (including phenoxy) is 2. The predicted molar refractivity (Wildman–Crippen MR) is 96.4 cm³/mol. The van der Waals surface area contributed by atoms with E-state index in [-0.39, 0.29) is 12.6 Å². The molecule has 0 fully saturated rings. The van der Waals surface area contributed by atoms with E-state index >= 15 is 0 Å². The van der Waals surface area contributed by atoms with Gasteiger partial charge in [0.15, 0.2) is 11.5 Å². The minimum absolute atomic E-state index is 0.0859. The van der Waals surface area contributed by atoms with Crippen molar-refractivity contribution in [2.45, 2.75) is 39.5 Å². The van der Waals surface area contributed by atoms with Gasteiger partial charge in [0.1, 0.15) is 6.61 Å². The van der Waals surface area contributed by atoms with Gasteiger partial charge in [-0.1, -0.05) is 49.4 Å². The Morgan fingerprint density at radius 1 is 1.00 bits per heavy atom. The minimum Gasteiger partial charge on any atom is -0.490 e. The van der Waals surface area contributed by atoms with Gasteiger partial charge < -0.3 is 19.9 Å². The molecule has 0 spiro atoms. The number of hydrogen-bond acceptors (Lipinski definition) is 4. The first-order valence-electron chi connectivity index (χ1n) is 8.54. The molecular weight excluding hydrogens is 302 g/mol. The molecule has 0 saturated heterocycles. The van der Waals surface area contributed by atoms with Crippen LogP contribution in [0.4, 0.5) is 0 Å². The van der Waals surface area contributed by atoms with Gasteiger partial charge in [-0.25, -0.2) is 0 Å². The Morgan fingerprint density at radius 2 is 1.79 bits per heavy atom. The molecule has 0 amide bonds. The Hall–Kier alpha value is -2.04. The van der Waals surface area contributed by atoms with Gasteiger partial charge in [0.25, 0.3) is 0 Å². The molecule has 2 N–H and O–H groups in total. The van der Waals surface area contributed by atoms with Crippen LogP contribution >= 0.6 is 0 Å². The molecule has 1 unspecified atom stereocenters. The number of aliphatic hydroxyl groups excluding tert-OH is 1. The number of nitrogens with one attached hydrogen (secondary N) is 1. The third-order valence-electron chi connectivity index (χ3n) is 3.88. The molecular formula is C20H27NO3. The molecule has 0 aromatic heterocycles. The normalized spacial score (nSPS) is 12.0. The van der Waals surface area contributed by atoms with Crippen molar-refractivity contribution in [1.29, 1.82) is 0 Å². The molecule has 0 saturated carbocycles. The summed E-state index contributed by atoms with van der Waals surface area (Å²) in [4.78, 5) is 0. The van der Waals surface area contributed by atoms with E-state index in [2.05, 4.69) is 12.2 Å². The maximum Gasteiger partial charge on any atom is 0.166 e. The molecule has 2 aromatic carbocycles. The quantitative estimate of drug-likeness (QED) is 0.700. The summed E-state index contributed by atoms with van der Waals surface area (Å²) in [5, 5.41) is 12.7. The SMILES string of the molecule is CCOc1cccc(CNC(CC)CO)c1OCc1ccccc1. The predicted octanol–water partition coefficient (Wildman–Crippen LogP) is 3.52. The summed E-state index contributed by atoms with van der Waals surface area (Å²) in [5.74, 6) is 1.52. The first-order chi connectivity index (χ1) is 11.8. The van der Waals surface area contributed by atoms with Crippen molar-refractivity contribution in [2.75, 3.05) is 13.2 Å². The number of rotatable bonds is 10. The van der Waals surface area contributed by atoms with Crippen LogP contribution in [0.1, 0.15) is 31.4 Å². The maximum atomic E-state index is 9.35. The van der Waals surface area contributed by atoms with E-state index in [0.29, 0.717) is 19.8 Å². The minimum atomic E-state index is 0.0859. The highest BCUT2D eigenvalue weighted by Gasteiger charge is 2.13. The number of benzene rings is 2. The van der Waals surface area contributed by atoms with Gasteiger partial charge in [0.2, 0.25) is 0 Å².